The molecule has 0 amide bonds. The van der Waals surface area contributed by atoms with Crippen molar-refractivity contribution in [3.63, 3.8) is 0 Å². The Morgan fingerprint density at radius 1 is 1.38 bits per heavy atom. The van der Waals surface area contributed by atoms with Crippen molar-refractivity contribution < 1.29 is 13.2 Å². The van der Waals surface area contributed by atoms with E-state index in [1.807, 2.05) is 0 Å². The van der Waals surface area contributed by atoms with Crippen molar-refractivity contribution in [2.45, 2.75) is 5.51 Å². The summed E-state index contributed by atoms with van der Waals surface area (Å²) in [5.41, 5.74) is 2.84. The second kappa shape index (κ2) is 5.85. The van der Waals surface area contributed by atoms with E-state index in [1.54, 1.807) is 18.2 Å². The van der Waals surface area contributed by atoms with E-state index < -0.39 is 5.51 Å². The monoisotopic (exact) mass is 362 g/mol. The van der Waals surface area contributed by atoms with Crippen LogP contribution in [0.1, 0.15) is 0 Å². The van der Waals surface area contributed by atoms with Gasteiger partial charge in [0, 0.05) is 27.2 Å². The first-order chi connectivity index (χ1) is 7.38. The molecule has 0 aliphatic carbocycles. The minimum atomic E-state index is -4.16. The fourth-order valence-electron chi connectivity index (χ4n) is 1.03. The molecule has 0 atom stereocenters. The average molecular weight is 362 g/mol. The minimum Gasteiger partial charge on any atom is -0.399 e. The molecule has 0 bridgehead atoms. The van der Waals surface area contributed by atoms with Gasteiger partial charge in [-0.15, -0.1) is 0 Å². The molecule has 90 valence electrons. The summed E-state index contributed by atoms with van der Waals surface area (Å²) < 4.78 is 36.4. The maximum absolute atomic E-state index is 11.8. The maximum atomic E-state index is 11.8. The Kier molecular flexibility index (Phi) is 5.03. The van der Waals surface area contributed by atoms with Gasteiger partial charge in [0.25, 0.3) is 0 Å². The van der Waals surface area contributed by atoms with Crippen LogP contribution in [0.5, 0.6) is 0 Å². The van der Waals surface area contributed by atoms with Gasteiger partial charge in [0.2, 0.25) is 0 Å². The number of anilines is 2. The van der Waals surface area contributed by atoms with E-state index in [2.05, 4.69) is 27.9 Å². The highest BCUT2D eigenvalue weighted by Gasteiger charge is 2.27. The molecule has 1 rings (SSSR count). The molecular formula is C9H10F3IN2S. The first-order valence-electron chi connectivity index (χ1n) is 4.38. The van der Waals surface area contributed by atoms with Gasteiger partial charge in [-0.25, -0.2) is 0 Å². The largest absolute Gasteiger partial charge is 0.441 e. The molecule has 0 saturated heterocycles. The summed E-state index contributed by atoms with van der Waals surface area (Å²) in [5, 5.41) is 2.93. The lowest BCUT2D eigenvalue weighted by atomic mass is 10.3. The molecule has 0 spiro atoms. The molecule has 0 aliphatic heterocycles. The number of nitrogen functional groups attached to an aromatic ring is 1. The minimum absolute atomic E-state index is 0.00996. The average Bonchev–Trinajstić information content (AvgIpc) is 2.13. The summed E-state index contributed by atoms with van der Waals surface area (Å²) in [6, 6.07) is 5.23. The van der Waals surface area contributed by atoms with Crippen molar-refractivity contribution >= 4 is 45.7 Å². The van der Waals surface area contributed by atoms with Gasteiger partial charge in [0.1, 0.15) is 0 Å². The number of alkyl halides is 3. The summed E-state index contributed by atoms with van der Waals surface area (Å²) in [6.45, 7) is 0.268. The number of halogens is 4. The van der Waals surface area contributed by atoms with E-state index in [-0.39, 0.29) is 24.1 Å². The third kappa shape index (κ3) is 5.15. The Morgan fingerprint density at radius 3 is 2.62 bits per heavy atom. The van der Waals surface area contributed by atoms with Gasteiger partial charge >= 0.3 is 5.51 Å². The molecule has 0 fully saturated rings. The standard InChI is InChI=1S/C9H10F3IN2S/c10-9(11,12)16-4-3-15-8-2-1-6(14)5-7(8)13/h1-2,5,15H,3-4,14H2. The second-order valence-electron chi connectivity index (χ2n) is 2.96. The molecule has 0 aromatic heterocycles. The van der Waals surface area contributed by atoms with Crippen LogP contribution in [-0.4, -0.2) is 17.8 Å². The highest BCUT2D eigenvalue weighted by molar-refractivity contribution is 14.1. The summed E-state index contributed by atoms with van der Waals surface area (Å²) in [6.07, 6.45) is 0. The third-order valence-electron chi connectivity index (χ3n) is 1.68. The Morgan fingerprint density at radius 2 is 2.06 bits per heavy atom. The Hall–Kier alpha value is -0.310. The zero-order valence-electron chi connectivity index (χ0n) is 8.14. The fourth-order valence-corrected chi connectivity index (χ4v) is 2.19. The predicted octanol–water partition coefficient (Wildman–Crippen LogP) is 3.54. The molecule has 7 heteroatoms. The van der Waals surface area contributed by atoms with Crippen LogP contribution in [0.25, 0.3) is 0 Å². The van der Waals surface area contributed by atoms with Gasteiger partial charge in [-0.3, -0.25) is 0 Å². The molecule has 16 heavy (non-hydrogen) atoms. The van der Waals surface area contributed by atoms with Gasteiger partial charge in [0.15, 0.2) is 0 Å². The van der Waals surface area contributed by atoms with Gasteiger partial charge in [-0.2, -0.15) is 13.2 Å². The number of hydrogen-bond acceptors (Lipinski definition) is 3. The zero-order chi connectivity index (χ0) is 12.2. The maximum Gasteiger partial charge on any atom is 0.441 e. The van der Waals surface area contributed by atoms with Crippen molar-refractivity contribution in [3.8, 4) is 0 Å². The number of thioether (sulfide) groups is 1. The lowest BCUT2D eigenvalue weighted by Gasteiger charge is -2.09. The lowest BCUT2D eigenvalue weighted by Crippen LogP contribution is -2.10. The number of nitrogens with one attached hydrogen (secondary N) is 1. The van der Waals surface area contributed by atoms with Gasteiger partial charge < -0.3 is 11.1 Å². The van der Waals surface area contributed by atoms with Crippen LogP contribution < -0.4 is 11.1 Å². The molecule has 1 aromatic carbocycles. The second-order valence-corrected chi connectivity index (χ2v) is 5.28. The van der Waals surface area contributed by atoms with Crippen LogP contribution >= 0.6 is 34.4 Å². The molecule has 2 nitrogen and oxygen atoms in total. The summed E-state index contributed by atoms with van der Waals surface area (Å²) >= 11 is 2.05. The molecule has 0 heterocycles. The Bertz CT molecular complexity index is 357. The molecular weight excluding hydrogens is 352 g/mol. The first-order valence-corrected chi connectivity index (χ1v) is 6.44. The Labute approximate surface area is 109 Å². The zero-order valence-corrected chi connectivity index (χ0v) is 11.1. The van der Waals surface area contributed by atoms with E-state index in [1.165, 1.54) is 0 Å². The van der Waals surface area contributed by atoms with E-state index in [0.717, 1.165) is 9.26 Å². The Balaban J connectivity index is 2.38. The van der Waals surface area contributed by atoms with Crippen molar-refractivity contribution in [1.29, 1.82) is 0 Å². The molecule has 1 aromatic rings. The summed E-state index contributed by atoms with van der Waals surface area (Å²) in [7, 11) is 0. The van der Waals surface area contributed by atoms with Crippen LogP contribution in [0.4, 0.5) is 24.5 Å². The topological polar surface area (TPSA) is 38.0 Å². The molecule has 0 aliphatic rings. The fraction of sp³-hybridized carbons (Fsp3) is 0.333. The highest BCUT2D eigenvalue weighted by Crippen LogP contribution is 2.29. The SMILES string of the molecule is Nc1ccc(NCCSC(F)(F)F)c(I)c1. The number of benzene rings is 1. The van der Waals surface area contributed by atoms with Crippen LogP contribution in [-0.2, 0) is 0 Å². The van der Waals surface area contributed by atoms with Crippen LogP contribution in [0, 0.1) is 3.57 Å². The van der Waals surface area contributed by atoms with Crippen molar-refractivity contribution in [3.05, 3.63) is 21.8 Å². The quantitative estimate of drug-likeness (QED) is 0.489. The van der Waals surface area contributed by atoms with Gasteiger partial charge in [-0.05, 0) is 52.6 Å². The van der Waals surface area contributed by atoms with Crippen molar-refractivity contribution in [2.24, 2.45) is 0 Å². The predicted molar refractivity (Wildman–Crippen MR) is 70.6 cm³/mol. The number of hydrogen-bond donors (Lipinski definition) is 2. The van der Waals surface area contributed by atoms with Crippen LogP contribution in [0.2, 0.25) is 0 Å². The summed E-state index contributed by atoms with van der Waals surface area (Å²) in [4.78, 5) is 0. The van der Waals surface area contributed by atoms with E-state index in [4.69, 9.17) is 5.73 Å². The lowest BCUT2D eigenvalue weighted by molar-refractivity contribution is -0.0327. The molecule has 3 N–H and O–H groups in total. The van der Waals surface area contributed by atoms with Gasteiger partial charge in [-0.1, -0.05) is 0 Å². The van der Waals surface area contributed by atoms with Gasteiger partial charge in [0.05, 0.1) is 0 Å². The summed E-state index contributed by atoms with van der Waals surface area (Å²) in [5.74, 6) is -0.00996. The van der Waals surface area contributed by atoms with Crippen molar-refractivity contribution in [2.75, 3.05) is 23.3 Å². The third-order valence-corrected chi connectivity index (χ3v) is 3.30. The van der Waals surface area contributed by atoms with Crippen LogP contribution in [0.3, 0.4) is 0 Å². The van der Waals surface area contributed by atoms with Crippen molar-refractivity contribution in [1.82, 2.24) is 0 Å². The molecule has 0 saturated carbocycles. The number of nitrogens with two attached hydrogens (primary N) is 1. The van der Waals surface area contributed by atoms with E-state index in [9.17, 15) is 13.2 Å². The van der Waals surface area contributed by atoms with E-state index in [0.29, 0.717) is 5.69 Å². The normalized spacial score (nSPS) is 11.5. The highest BCUT2D eigenvalue weighted by atomic mass is 127. The smallest absolute Gasteiger partial charge is 0.399 e. The van der Waals surface area contributed by atoms with Crippen LogP contribution in [0.15, 0.2) is 18.2 Å². The van der Waals surface area contributed by atoms with E-state index >= 15 is 0 Å². The molecule has 0 radical (unpaired) electrons. The number of rotatable bonds is 4. The molecule has 0 unspecified atom stereocenters. The first kappa shape index (κ1) is 13.8.